The maximum Gasteiger partial charge on any atom is 0.218 e. The van der Waals surface area contributed by atoms with E-state index in [0.717, 1.165) is 10.0 Å². The standard InChI is InChI=1S/C21H24BrFN2O3S/c22-19-6-3-4-17(12-19)14-29(26,27)25-10-8-21(9-11-25)15-24(16-28-21)13-18-5-1-2-7-20(18)23/h1-7,12H,8-11,13-16H2. The number of piperidine rings is 1. The zero-order valence-corrected chi connectivity index (χ0v) is 18.5. The molecule has 2 aromatic carbocycles. The Morgan fingerprint density at radius 1 is 1.10 bits per heavy atom. The Morgan fingerprint density at radius 2 is 1.86 bits per heavy atom. The van der Waals surface area contributed by atoms with E-state index in [1.165, 1.54) is 6.07 Å². The molecular formula is C21H24BrFN2O3S. The van der Waals surface area contributed by atoms with Gasteiger partial charge in [-0.3, -0.25) is 4.90 Å². The lowest BCUT2D eigenvalue weighted by Gasteiger charge is -2.37. The molecule has 156 valence electrons. The Hall–Kier alpha value is -1.32. The number of rotatable bonds is 5. The van der Waals surface area contributed by atoms with Gasteiger partial charge in [0.2, 0.25) is 10.0 Å². The molecule has 2 fully saturated rings. The van der Waals surface area contributed by atoms with E-state index >= 15 is 0 Å². The smallest absolute Gasteiger partial charge is 0.218 e. The van der Waals surface area contributed by atoms with Gasteiger partial charge in [-0.2, -0.15) is 0 Å². The van der Waals surface area contributed by atoms with E-state index in [1.807, 2.05) is 30.3 Å². The molecule has 0 aromatic heterocycles. The molecule has 2 aromatic rings. The Kier molecular flexibility index (Phi) is 6.09. The number of hydrogen-bond donors (Lipinski definition) is 0. The summed E-state index contributed by atoms with van der Waals surface area (Å²) in [7, 11) is -3.37. The van der Waals surface area contributed by atoms with Gasteiger partial charge in [0, 0.05) is 36.2 Å². The summed E-state index contributed by atoms with van der Waals surface area (Å²) in [4.78, 5) is 2.09. The van der Waals surface area contributed by atoms with E-state index in [4.69, 9.17) is 4.74 Å². The summed E-state index contributed by atoms with van der Waals surface area (Å²) in [5, 5.41) is 0. The molecule has 0 bridgehead atoms. The first-order valence-corrected chi connectivity index (χ1v) is 12.1. The SMILES string of the molecule is O=S(=O)(Cc1cccc(Br)c1)N1CCC2(CC1)CN(Cc1ccccc1F)CO2. The molecule has 8 heteroatoms. The third-order valence-electron chi connectivity index (χ3n) is 5.68. The minimum atomic E-state index is -3.37. The van der Waals surface area contributed by atoms with Crippen LogP contribution in [0.15, 0.2) is 53.0 Å². The summed E-state index contributed by atoms with van der Waals surface area (Å²) in [6.45, 7) is 2.53. The molecule has 2 saturated heterocycles. The molecule has 0 saturated carbocycles. The fourth-order valence-electron chi connectivity index (χ4n) is 4.10. The van der Waals surface area contributed by atoms with Crippen LogP contribution in [-0.4, -0.2) is 49.6 Å². The Labute approximate surface area is 179 Å². The van der Waals surface area contributed by atoms with Crippen molar-refractivity contribution < 1.29 is 17.5 Å². The number of ether oxygens (including phenoxy) is 1. The Balaban J connectivity index is 1.35. The lowest BCUT2D eigenvalue weighted by Crippen LogP contribution is -2.48. The molecule has 0 atom stereocenters. The molecule has 0 aliphatic carbocycles. The average Bonchev–Trinajstić information content (AvgIpc) is 3.06. The molecule has 5 nitrogen and oxygen atoms in total. The number of hydrogen-bond acceptors (Lipinski definition) is 4. The van der Waals surface area contributed by atoms with Crippen LogP contribution in [0.5, 0.6) is 0 Å². The number of nitrogens with zero attached hydrogens (tertiary/aromatic N) is 2. The second kappa shape index (κ2) is 8.43. The highest BCUT2D eigenvalue weighted by atomic mass is 79.9. The second-order valence-corrected chi connectivity index (χ2v) is 10.7. The van der Waals surface area contributed by atoms with Gasteiger partial charge in [0.05, 0.1) is 11.4 Å². The zero-order valence-electron chi connectivity index (χ0n) is 16.1. The van der Waals surface area contributed by atoms with Gasteiger partial charge in [-0.15, -0.1) is 0 Å². The Morgan fingerprint density at radius 3 is 2.59 bits per heavy atom. The van der Waals surface area contributed by atoms with Gasteiger partial charge >= 0.3 is 0 Å². The minimum absolute atomic E-state index is 0.000291. The van der Waals surface area contributed by atoms with E-state index < -0.39 is 10.0 Å². The highest BCUT2D eigenvalue weighted by Gasteiger charge is 2.43. The van der Waals surface area contributed by atoms with Crippen LogP contribution >= 0.6 is 15.9 Å². The van der Waals surface area contributed by atoms with Crippen LogP contribution in [0.4, 0.5) is 4.39 Å². The highest BCUT2D eigenvalue weighted by Crippen LogP contribution is 2.34. The quantitative estimate of drug-likeness (QED) is 0.651. The van der Waals surface area contributed by atoms with Crippen molar-refractivity contribution in [2.24, 2.45) is 0 Å². The molecule has 0 radical (unpaired) electrons. The maximum absolute atomic E-state index is 13.9. The summed E-state index contributed by atoms with van der Waals surface area (Å²) in [6, 6.07) is 14.2. The minimum Gasteiger partial charge on any atom is -0.358 e. The van der Waals surface area contributed by atoms with Crippen molar-refractivity contribution in [1.29, 1.82) is 0 Å². The molecule has 2 heterocycles. The van der Waals surface area contributed by atoms with E-state index in [2.05, 4.69) is 20.8 Å². The summed E-state index contributed by atoms with van der Waals surface area (Å²) in [5.74, 6) is -0.207. The van der Waals surface area contributed by atoms with E-state index in [9.17, 15) is 12.8 Å². The predicted molar refractivity (Wildman–Crippen MR) is 113 cm³/mol. The van der Waals surface area contributed by atoms with Crippen molar-refractivity contribution in [2.45, 2.75) is 30.7 Å². The number of benzene rings is 2. The fourth-order valence-corrected chi connectivity index (χ4v) is 6.07. The van der Waals surface area contributed by atoms with Crippen molar-refractivity contribution >= 4 is 26.0 Å². The van der Waals surface area contributed by atoms with E-state index in [0.29, 0.717) is 51.3 Å². The van der Waals surface area contributed by atoms with Gasteiger partial charge in [0.1, 0.15) is 12.5 Å². The molecule has 0 unspecified atom stereocenters. The topological polar surface area (TPSA) is 49.9 Å². The van der Waals surface area contributed by atoms with Gasteiger partial charge in [0.25, 0.3) is 0 Å². The summed E-state index contributed by atoms with van der Waals surface area (Å²) in [5.41, 5.74) is 1.09. The fraction of sp³-hybridized carbons (Fsp3) is 0.429. The first kappa shape index (κ1) is 20.9. The van der Waals surface area contributed by atoms with E-state index in [1.54, 1.807) is 16.4 Å². The molecule has 2 aliphatic heterocycles. The van der Waals surface area contributed by atoms with Gasteiger partial charge in [-0.1, -0.05) is 46.3 Å². The Bertz CT molecular complexity index is 977. The number of sulfonamides is 1. The van der Waals surface area contributed by atoms with Gasteiger partial charge in [-0.05, 0) is 36.6 Å². The molecular weight excluding hydrogens is 459 g/mol. The first-order valence-electron chi connectivity index (χ1n) is 9.67. The van der Waals surface area contributed by atoms with Gasteiger partial charge in [-0.25, -0.2) is 17.1 Å². The summed E-state index contributed by atoms with van der Waals surface area (Å²) >= 11 is 3.39. The monoisotopic (exact) mass is 482 g/mol. The van der Waals surface area contributed by atoms with Crippen LogP contribution in [0, 0.1) is 5.82 Å². The van der Waals surface area contributed by atoms with Crippen molar-refractivity contribution in [2.75, 3.05) is 26.4 Å². The molecule has 2 aliphatic rings. The van der Waals surface area contributed by atoms with Crippen LogP contribution < -0.4 is 0 Å². The predicted octanol–water partition coefficient (Wildman–Crippen LogP) is 3.74. The van der Waals surface area contributed by atoms with Crippen molar-refractivity contribution in [3.05, 3.63) is 69.9 Å². The number of halogens is 2. The van der Waals surface area contributed by atoms with Crippen LogP contribution in [0.2, 0.25) is 0 Å². The first-order chi connectivity index (χ1) is 13.9. The third kappa shape index (κ3) is 4.88. The molecule has 0 amide bonds. The largest absolute Gasteiger partial charge is 0.358 e. The van der Waals surface area contributed by atoms with Crippen LogP contribution in [0.3, 0.4) is 0 Å². The molecule has 1 spiro atoms. The van der Waals surface area contributed by atoms with Crippen molar-refractivity contribution in [1.82, 2.24) is 9.21 Å². The van der Waals surface area contributed by atoms with Crippen LogP contribution in [-0.2, 0) is 27.1 Å². The van der Waals surface area contributed by atoms with Gasteiger partial charge in [0.15, 0.2) is 0 Å². The lowest BCUT2D eigenvalue weighted by molar-refractivity contribution is -0.0277. The van der Waals surface area contributed by atoms with Crippen molar-refractivity contribution in [3.8, 4) is 0 Å². The normalized spacial score (nSPS) is 20.3. The summed E-state index contributed by atoms with van der Waals surface area (Å²) in [6.07, 6.45) is 1.30. The molecule has 0 N–H and O–H groups in total. The van der Waals surface area contributed by atoms with Gasteiger partial charge < -0.3 is 4.74 Å². The van der Waals surface area contributed by atoms with E-state index in [-0.39, 0.29) is 17.2 Å². The zero-order chi connectivity index (χ0) is 20.5. The van der Waals surface area contributed by atoms with Crippen LogP contribution in [0.25, 0.3) is 0 Å². The second-order valence-electron chi connectivity index (χ2n) is 7.82. The average molecular weight is 483 g/mol. The molecule has 4 rings (SSSR count). The molecule has 29 heavy (non-hydrogen) atoms. The van der Waals surface area contributed by atoms with Crippen molar-refractivity contribution in [3.63, 3.8) is 0 Å². The lowest BCUT2D eigenvalue weighted by atomic mass is 9.92. The third-order valence-corrected chi connectivity index (χ3v) is 8.03. The van der Waals surface area contributed by atoms with Crippen LogP contribution in [0.1, 0.15) is 24.0 Å². The summed E-state index contributed by atoms with van der Waals surface area (Å²) < 4.78 is 48.1. The highest BCUT2D eigenvalue weighted by molar-refractivity contribution is 9.10. The maximum atomic E-state index is 13.9.